The van der Waals surface area contributed by atoms with Gasteiger partial charge in [-0.15, -0.1) is 0 Å². The van der Waals surface area contributed by atoms with Crippen LogP contribution in [-0.2, 0) is 14.4 Å². The average molecular weight is 213 g/mol. The van der Waals surface area contributed by atoms with Crippen LogP contribution in [0.3, 0.4) is 0 Å². The number of esters is 1. The Morgan fingerprint density at radius 3 is 2.67 bits per heavy atom. The summed E-state index contributed by atoms with van der Waals surface area (Å²) in [6, 6.07) is 0. The summed E-state index contributed by atoms with van der Waals surface area (Å²) in [5.41, 5.74) is -0.0270. The molecule has 1 heterocycles. The molecular weight excluding hydrogens is 194 g/mol. The molecule has 0 aromatic carbocycles. The van der Waals surface area contributed by atoms with Gasteiger partial charge >= 0.3 is 5.97 Å². The molecule has 1 aliphatic heterocycles. The number of nitrogens with zero attached hydrogens (tertiary/aromatic N) is 1. The SMILES string of the molecule is CCOC(=O)C1(C)ON=C(C(C)C)C1C. The van der Waals surface area contributed by atoms with Gasteiger partial charge in [-0.05, 0) is 19.8 Å². The van der Waals surface area contributed by atoms with Crippen LogP contribution in [-0.4, -0.2) is 23.9 Å². The van der Waals surface area contributed by atoms with Crippen molar-refractivity contribution in [3.05, 3.63) is 0 Å². The van der Waals surface area contributed by atoms with E-state index in [1.165, 1.54) is 0 Å². The molecule has 1 aliphatic rings. The first-order chi connectivity index (χ1) is 6.93. The molecule has 4 nitrogen and oxygen atoms in total. The van der Waals surface area contributed by atoms with Crippen LogP contribution in [0.25, 0.3) is 0 Å². The van der Waals surface area contributed by atoms with Crippen LogP contribution < -0.4 is 0 Å². The summed E-state index contributed by atoms with van der Waals surface area (Å²) in [5, 5.41) is 3.99. The number of carbonyl (C=O) groups is 1. The van der Waals surface area contributed by atoms with Gasteiger partial charge < -0.3 is 9.57 Å². The smallest absolute Gasteiger partial charge is 0.353 e. The standard InChI is InChI=1S/C11H19NO3/c1-6-14-10(13)11(5)8(4)9(7(2)3)12-15-11/h7-8H,6H2,1-5H3. The molecule has 0 aromatic heterocycles. The molecule has 0 saturated heterocycles. The number of carbonyl (C=O) groups excluding carboxylic acids is 1. The lowest BCUT2D eigenvalue weighted by atomic mass is 9.83. The van der Waals surface area contributed by atoms with E-state index in [0.717, 1.165) is 5.71 Å². The van der Waals surface area contributed by atoms with Crippen molar-refractivity contribution < 1.29 is 14.4 Å². The Hall–Kier alpha value is -1.06. The zero-order chi connectivity index (χ0) is 11.6. The van der Waals surface area contributed by atoms with Gasteiger partial charge in [0.05, 0.1) is 18.2 Å². The number of hydrogen-bond donors (Lipinski definition) is 0. The number of ether oxygens (including phenoxy) is 1. The molecule has 0 N–H and O–H groups in total. The molecular formula is C11H19NO3. The van der Waals surface area contributed by atoms with Gasteiger partial charge in [0.25, 0.3) is 0 Å². The third-order valence-corrected chi connectivity index (χ3v) is 2.88. The van der Waals surface area contributed by atoms with Gasteiger partial charge in [-0.1, -0.05) is 25.9 Å². The summed E-state index contributed by atoms with van der Waals surface area (Å²) in [6.07, 6.45) is 0. The van der Waals surface area contributed by atoms with E-state index in [2.05, 4.69) is 5.16 Å². The largest absolute Gasteiger partial charge is 0.463 e. The molecule has 4 heteroatoms. The second-order valence-corrected chi connectivity index (χ2v) is 4.31. The molecule has 0 bridgehead atoms. The number of oxime groups is 1. The van der Waals surface area contributed by atoms with Crippen molar-refractivity contribution in [1.82, 2.24) is 0 Å². The first-order valence-corrected chi connectivity index (χ1v) is 5.36. The lowest BCUT2D eigenvalue weighted by molar-refractivity contribution is -0.170. The zero-order valence-corrected chi connectivity index (χ0v) is 10.0. The van der Waals surface area contributed by atoms with E-state index in [0.29, 0.717) is 6.61 Å². The Bertz CT molecular complexity index is 286. The van der Waals surface area contributed by atoms with Gasteiger partial charge in [-0.3, -0.25) is 0 Å². The fraction of sp³-hybridized carbons (Fsp3) is 0.818. The molecule has 0 saturated carbocycles. The highest BCUT2D eigenvalue weighted by atomic mass is 16.7. The summed E-state index contributed by atoms with van der Waals surface area (Å²) in [6.45, 7) is 9.90. The Morgan fingerprint density at radius 2 is 2.27 bits per heavy atom. The van der Waals surface area contributed by atoms with Crippen molar-refractivity contribution in [2.75, 3.05) is 6.61 Å². The van der Waals surface area contributed by atoms with E-state index in [9.17, 15) is 4.79 Å². The minimum absolute atomic E-state index is 0.0310. The molecule has 2 atom stereocenters. The molecule has 0 fully saturated rings. The first kappa shape index (κ1) is 12.0. The maximum atomic E-state index is 11.7. The predicted molar refractivity (Wildman–Crippen MR) is 57.6 cm³/mol. The van der Waals surface area contributed by atoms with Crippen LogP contribution >= 0.6 is 0 Å². The highest BCUT2D eigenvalue weighted by Gasteiger charge is 2.50. The van der Waals surface area contributed by atoms with E-state index >= 15 is 0 Å². The van der Waals surface area contributed by atoms with Gasteiger partial charge in [-0.25, -0.2) is 4.79 Å². The lowest BCUT2D eigenvalue weighted by Crippen LogP contribution is -2.44. The maximum Gasteiger partial charge on any atom is 0.353 e. The van der Waals surface area contributed by atoms with Crippen LogP contribution in [0.2, 0.25) is 0 Å². The predicted octanol–water partition coefficient (Wildman–Crippen LogP) is 1.99. The van der Waals surface area contributed by atoms with Crippen molar-refractivity contribution >= 4 is 11.7 Å². The topological polar surface area (TPSA) is 47.9 Å². The van der Waals surface area contributed by atoms with Crippen molar-refractivity contribution in [3.63, 3.8) is 0 Å². The third-order valence-electron chi connectivity index (χ3n) is 2.88. The van der Waals surface area contributed by atoms with E-state index < -0.39 is 5.60 Å². The first-order valence-electron chi connectivity index (χ1n) is 5.36. The second kappa shape index (κ2) is 4.21. The fourth-order valence-corrected chi connectivity index (χ4v) is 1.68. The van der Waals surface area contributed by atoms with E-state index in [1.807, 2.05) is 20.8 Å². The van der Waals surface area contributed by atoms with Gasteiger partial charge in [0.15, 0.2) is 0 Å². The van der Waals surface area contributed by atoms with Crippen LogP contribution in [0.5, 0.6) is 0 Å². The van der Waals surface area contributed by atoms with Crippen molar-refractivity contribution in [2.45, 2.75) is 40.2 Å². The molecule has 0 aliphatic carbocycles. The Labute approximate surface area is 90.6 Å². The quantitative estimate of drug-likeness (QED) is 0.673. The third kappa shape index (κ3) is 1.98. The highest BCUT2D eigenvalue weighted by Crippen LogP contribution is 2.33. The summed E-state index contributed by atoms with van der Waals surface area (Å²) >= 11 is 0. The highest BCUT2D eigenvalue weighted by molar-refractivity contribution is 5.96. The van der Waals surface area contributed by atoms with E-state index in [-0.39, 0.29) is 17.8 Å². The fourth-order valence-electron chi connectivity index (χ4n) is 1.68. The lowest BCUT2D eigenvalue weighted by Gasteiger charge is -2.24. The Balaban J connectivity index is 2.80. The Morgan fingerprint density at radius 1 is 1.67 bits per heavy atom. The molecule has 0 spiro atoms. The summed E-state index contributed by atoms with van der Waals surface area (Å²) in [7, 11) is 0. The minimum Gasteiger partial charge on any atom is -0.463 e. The molecule has 15 heavy (non-hydrogen) atoms. The number of rotatable bonds is 3. The van der Waals surface area contributed by atoms with Crippen LogP contribution in [0, 0.1) is 11.8 Å². The molecule has 2 unspecified atom stereocenters. The van der Waals surface area contributed by atoms with Crippen molar-refractivity contribution in [2.24, 2.45) is 17.0 Å². The molecule has 0 radical (unpaired) electrons. The van der Waals surface area contributed by atoms with Crippen LogP contribution in [0.1, 0.15) is 34.6 Å². The van der Waals surface area contributed by atoms with E-state index in [4.69, 9.17) is 9.57 Å². The maximum absolute atomic E-state index is 11.7. The molecule has 0 amide bonds. The van der Waals surface area contributed by atoms with Gasteiger partial charge in [0.1, 0.15) is 0 Å². The Kier molecular flexibility index (Phi) is 3.37. The normalized spacial score (nSPS) is 30.0. The van der Waals surface area contributed by atoms with E-state index in [1.54, 1.807) is 13.8 Å². The van der Waals surface area contributed by atoms with Crippen LogP contribution in [0.15, 0.2) is 5.16 Å². The number of hydrogen-bond acceptors (Lipinski definition) is 4. The zero-order valence-electron chi connectivity index (χ0n) is 10.0. The molecule has 1 rings (SSSR count). The average Bonchev–Trinajstić information content (AvgIpc) is 2.45. The van der Waals surface area contributed by atoms with Gasteiger partial charge in [0.2, 0.25) is 5.60 Å². The van der Waals surface area contributed by atoms with Gasteiger partial charge in [0, 0.05) is 0 Å². The van der Waals surface area contributed by atoms with Gasteiger partial charge in [-0.2, -0.15) is 0 Å². The second-order valence-electron chi connectivity index (χ2n) is 4.31. The van der Waals surface area contributed by atoms with Crippen LogP contribution in [0.4, 0.5) is 0 Å². The monoisotopic (exact) mass is 213 g/mol. The van der Waals surface area contributed by atoms with Crippen molar-refractivity contribution in [3.8, 4) is 0 Å². The summed E-state index contributed by atoms with van der Waals surface area (Å²) < 4.78 is 4.99. The van der Waals surface area contributed by atoms with Crippen molar-refractivity contribution in [1.29, 1.82) is 0 Å². The molecule has 0 aromatic rings. The minimum atomic E-state index is -0.949. The summed E-state index contributed by atoms with van der Waals surface area (Å²) in [4.78, 5) is 17.0. The summed E-state index contributed by atoms with van der Waals surface area (Å²) in [5.74, 6) is -0.0790. The molecule has 86 valence electrons.